The highest BCUT2D eigenvalue weighted by atomic mass is 32.2. The molecule has 4 nitrogen and oxygen atoms in total. The van der Waals surface area contributed by atoms with Crippen LogP contribution >= 0.6 is 0 Å². The molecule has 0 spiro atoms. The summed E-state index contributed by atoms with van der Waals surface area (Å²) in [4.78, 5) is -0.260. The summed E-state index contributed by atoms with van der Waals surface area (Å²) in [7, 11) is -4.31. The molecule has 3 N–H and O–H groups in total. The summed E-state index contributed by atoms with van der Waals surface area (Å²) in [6, 6.07) is 10.5. The fraction of sp³-hybridized carbons (Fsp3) is 0.143. The minimum atomic E-state index is -4.31. The van der Waals surface area contributed by atoms with E-state index in [1.165, 1.54) is 6.07 Å². The lowest BCUT2D eigenvalue weighted by molar-refractivity contribution is 0.483. The van der Waals surface area contributed by atoms with Gasteiger partial charge in [0.15, 0.2) is 0 Å². The summed E-state index contributed by atoms with van der Waals surface area (Å²) < 4.78 is 31.6. The molecule has 0 aromatic heterocycles. The maximum atomic E-state index is 11.2. The fourth-order valence-corrected chi connectivity index (χ4v) is 2.79. The van der Waals surface area contributed by atoms with Crippen LogP contribution in [-0.4, -0.2) is 13.0 Å². The number of hydrogen-bond donors (Lipinski definition) is 2. The molecule has 5 heteroatoms. The van der Waals surface area contributed by atoms with Gasteiger partial charge in [-0.3, -0.25) is 4.55 Å². The maximum absolute atomic E-state index is 11.2. The number of nitrogen functional groups attached to an aromatic ring is 1. The average molecular weight is 277 g/mol. The highest BCUT2D eigenvalue weighted by molar-refractivity contribution is 7.86. The Hall–Kier alpha value is -1.85. The molecule has 0 saturated heterocycles. The van der Waals surface area contributed by atoms with Crippen LogP contribution in [0.2, 0.25) is 0 Å². The molecule has 2 rings (SSSR count). The van der Waals surface area contributed by atoms with Crippen LogP contribution in [0, 0.1) is 13.8 Å². The maximum Gasteiger partial charge on any atom is 0.296 e. The van der Waals surface area contributed by atoms with Crippen molar-refractivity contribution < 1.29 is 13.0 Å². The minimum Gasteiger partial charge on any atom is -0.397 e. The van der Waals surface area contributed by atoms with E-state index in [0.717, 1.165) is 16.7 Å². The Labute approximate surface area is 112 Å². The van der Waals surface area contributed by atoms with Gasteiger partial charge in [0.2, 0.25) is 0 Å². The van der Waals surface area contributed by atoms with Gasteiger partial charge in [-0.25, -0.2) is 0 Å². The number of rotatable bonds is 2. The molecule has 100 valence electrons. The lowest BCUT2D eigenvalue weighted by Crippen LogP contribution is -2.04. The van der Waals surface area contributed by atoms with Crippen LogP contribution in [-0.2, 0) is 10.1 Å². The molecule has 0 atom stereocenters. The van der Waals surface area contributed by atoms with Gasteiger partial charge in [-0.05, 0) is 25.5 Å². The zero-order valence-corrected chi connectivity index (χ0v) is 11.5. The van der Waals surface area contributed by atoms with E-state index in [-0.39, 0.29) is 10.6 Å². The van der Waals surface area contributed by atoms with E-state index < -0.39 is 10.1 Å². The van der Waals surface area contributed by atoms with E-state index in [9.17, 15) is 8.42 Å². The van der Waals surface area contributed by atoms with Crippen LogP contribution in [0.15, 0.2) is 41.3 Å². The van der Waals surface area contributed by atoms with Crippen molar-refractivity contribution in [1.29, 1.82) is 0 Å². The molecular weight excluding hydrogens is 262 g/mol. The Morgan fingerprint density at radius 2 is 1.63 bits per heavy atom. The molecule has 0 aliphatic heterocycles. The molecule has 19 heavy (non-hydrogen) atoms. The summed E-state index contributed by atoms with van der Waals surface area (Å²) in [6.07, 6.45) is 0. The smallest absolute Gasteiger partial charge is 0.296 e. The second kappa shape index (κ2) is 4.68. The molecule has 0 aliphatic rings. The third-order valence-corrected chi connectivity index (χ3v) is 3.79. The Morgan fingerprint density at radius 1 is 1.05 bits per heavy atom. The standard InChI is InChI=1S/C14H15NO3S/c1-9-6-10(2)8-11(7-9)12-4-3-5-13(14(12)15)19(16,17)18/h3-8H,15H2,1-2H3,(H,16,17,18). The molecule has 0 fully saturated rings. The van der Waals surface area contributed by atoms with Gasteiger partial charge in [-0.15, -0.1) is 0 Å². The normalized spacial score (nSPS) is 11.5. The van der Waals surface area contributed by atoms with E-state index in [1.54, 1.807) is 12.1 Å². The number of aryl methyl sites for hydroxylation is 2. The Balaban J connectivity index is 2.70. The minimum absolute atomic E-state index is 0.0648. The number of nitrogens with two attached hydrogens (primary N) is 1. The summed E-state index contributed by atoms with van der Waals surface area (Å²) in [6.45, 7) is 3.92. The zero-order chi connectivity index (χ0) is 14.2. The van der Waals surface area contributed by atoms with Gasteiger partial charge in [0.25, 0.3) is 10.1 Å². The van der Waals surface area contributed by atoms with Crippen molar-refractivity contribution >= 4 is 15.8 Å². The van der Waals surface area contributed by atoms with Crippen LogP contribution in [0.1, 0.15) is 11.1 Å². The highest BCUT2D eigenvalue weighted by Crippen LogP contribution is 2.32. The molecule has 2 aromatic rings. The van der Waals surface area contributed by atoms with Gasteiger partial charge in [0.05, 0.1) is 5.69 Å². The SMILES string of the molecule is Cc1cc(C)cc(-c2cccc(S(=O)(=O)O)c2N)c1. The summed E-state index contributed by atoms with van der Waals surface area (Å²) in [5, 5.41) is 0. The Kier molecular flexibility index (Phi) is 3.34. The van der Waals surface area contributed by atoms with Gasteiger partial charge in [-0.2, -0.15) is 8.42 Å². The number of anilines is 1. The van der Waals surface area contributed by atoms with Gasteiger partial charge in [0.1, 0.15) is 4.90 Å². The second-order valence-electron chi connectivity index (χ2n) is 4.57. The number of para-hydroxylation sites is 1. The second-order valence-corrected chi connectivity index (χ2v) is 5.96. The van der Waals surface area contributed by atoms with E-state index >= 15 is 0 Å². The first-order valence-electron chi connectivity index (χ1n) is 5.73. The quantitative estimate of drug-likeness (QED) is 0.653. The number of benzene rings is 2. The monoisotopic (exact) mass is 277 g/mol. The van der Waals surface area contributed by atoms with Crippen molar-refractivity contribution in [3.63, 3.8) is 0 Å². The lowest BCUT2D eigenvalue weighted by atomic mass is 9.99. The molecule has 0 bridgehead atoms. The van der Waals surface area contributed by atoms with Gasteiger partial charge in [-0.1, -0.05) is 41.5 Å². The molecule has 0 amide bonds. The molecule has 0 unspecified atom stereocenters. The van der Waals surface area contributed by atoms with Crippen LogP contribution in [0.25, 0.3) is 11.1 Å². The molecule has 0 heterocycles. The first kappa shape index (κ1) is 13.6. The summed E-state index contributed by atoms with van der Waals surface area (Å²) >= 11 is 0. The van der Waals surface area contributed by atoms with E-state index in [4.69, 9.17) is 10.3 Å². The third kappa shape index (κ3) is 2.77. The molecular formula is C14H15NO3S. The van der Waals surface area contributed by atoms with Crippen molar-refractivity contribution in [3.8, 4) is 11.1 Å². The average Bonchev–Trinajstić information content (AvgIpc) is 2.26. The lowest BCUT2D eigenvalue weighted by Gasteiger charge is -2.11. The summed E-state index contributed by atoms with van der Waals surface area (Å²) in [5.41, 5.74) is 9.48. The molecule has 0 saturated carbocycles. The highest BCUT2D eigenvalue weighted by Gasteiger charge is 2.16. The molecule has 0 aliphatic carbocycles. The third-order valence-electron chi connectivity index (χ3n) is 2.88. The van der Waals surface area contributed by atoms with E-state index in [0.29, 0.717) is 5.56 Å². The summed E-state index contributed by atoms with van der Waals surface area (Å²) in [5.74, 6) is 0. The Bertz CT molecular complexity index is 716. The van der Waals surface area contributed by atoms with Gasteiger partial charge >= 0.3 is 0 Å². The Morgan fingerprint density at radius 3 is 2.16 bits per heavy atom. The topological polar surface area (TPSA) is 80.4 Å². The van der Waals surface area contributed by atoms with Gasteiger partial charge in [0, 0.05) is 5.56 Å². The zero-order valence-electron chi connectivity index (χ0n) is 10.7. The van der Waals surface area contributed by atoms with Crippen LogP contribution in [0.4, 0.5) is 5.69 Å². The largest absolute Gasteiger partial charge is 0.397 e. The van der Waals surface area contributed by atoms with Crippen LogP contribution in [0.3, 0.4) is 0 Å². The van der Waals surface area contributed by atoms with Crippen molar-refractivity contribution in [1.82, 2.24) is 0 Å². The van der Waals surface area contributed by atoms with E-state index in [1.807, 2.05) is 32.0 Å². The number of hydrogen-bond acceptors (Lipinski definition) is 3. The van der Waals surface area contributed by atoms with E-state index in [2.05, 4.69) is 0 Å². The first-order valence-corrected chi connectivity index (χ1v) is 7.17. The van der Waals surface area contributed by atoms with Gasteiger partial charge < -0.3 is 5.73 Å². The van der Waals surface area contributed by atoms with Crippen molar-refractivity contribution in [2.75, 3.05) is 5.73 Å². The first-order chi connectivity index (χ1) is 8.79. The van der Waals surface area contributed by atoms with Crippen molar-refractivity contribution in [2.24, 2.45) is 0 Å². The molecule has 0 radical (unpaired) electrons. The molecule has 2 aromatic carbocycles. The fourth-order valence-electron chi connectivity index (χ4n) is 2.15. The predicted molar refractivity (Wildman–Crippen MR) is 75.6 cm³/mol. The van der Waals surface area contributed by atoms with Crippen LogP contribution < -0.4 is 5.73 Å². The van der Waals surface area contributed by atoms with Crippen molar-refractivity contribution in [2.45, 2.75) is 18.7 Å². The van der Waals surface area contributed by atoms with Crippen molar-refractivity contribution in [3.05, 3.63) is 47.5 Å². The van der Waals surface area contributed by atoms with Crippen LogP contribution in [0.5, 0.6) is 0 Å². The predicted octanol–water partition coefficient (Wildman–Crippen LogP) is 2.80.